The lowest BCUT2D eigenvalue weighted by Gasteiger charge is -2.41. The molecule has 23 heavy (non-hydrogen) atoms. The van der Waals surface area contributed by atoms with Crippen molar-refractivity contribution >= 4 is 11.7 Å². The normalized spacial score (nSPS) is 25.0. The standard InChI is InChI=1S/C19H34N2O2/c1-18(2,3)16(22)15-7-10-20(13-15)17(23)14-8-11-21(12-9-14)19(4,5)6/h14-15H,7-13H2,1-6H3. The molecule has 2 aliphatic heterocycles. The molecule has 0 saturated carbocycles. The molecule has 2 aliphatic rings. The van der Waals surface area contributed by atoms with E-state index in [9.17, 15) is 9.59 Å². The summed E-state index contributed by atoms with van der Waals surface area (Å²) in [7, 11) is 0. The summed E-state index contributed by atoms with van der Waals surface area (Å²) in [6.45, 7) is 16.0. The summed E-state index contributed by atoms with van der Waals surface area (Å²) in [6, 6.07) is 0. The topological polar surface area (TPSA) is 40.6 Å². The van der Waals surface area contributed by atoms with Crippen molar-refractivity contribution in [3.8, 4) is 0 Å². The van der Waals surface area contributed by atoms with E-state index in [0.29, 0.717) is 12.3 Å². The van der Waals surface area contributed by atoms with Crippen molar-refractivity contribution in [2.75, 3.05) is 26.2 Å². The van der Waals surface area contributed by atoms with Gasteiger partial charge in [-0.3, -0.25) is 14.5 Å². The summed E-state index contributed by atoms with van der Waals surface area (Å²) < 4.78 is 0. The Bertz CT molecular complexity index is 451. The van der Waals surface area contributed by atoms with E-state index in [2.05, 4.69) is 25.7 Å². The molecule has 2 rings (SSSR count). The number of carbonyl (C=O) groups is 2. The fourth-order valence-electron chi connectivity index (χ4n) is 3.84. The van der Waals surface area contributed by atoms with Crippen LogP contribution < -0.4 is 0 Å². The van der Waals surface area contributed by atoms with Gasteiger partial charge in [-0.05, 0) is 53.1 Å². The summed E-state index contributed by atoms with van der Waals surface area (Å²) in [5.74, 6) is 0.767. The maximum Gasteiger partial charge on any atom is 0.225 e. The Morgan fingerprint density at radius 1 is 0.826 bits per heavy atom. The van der Waals surface area contributed by atoms with Crippen molar-refractivity contribution in [2.24, 2.45) is 17.3 Å². The van der Waals surface area contributed by atoms with Gasteiger partial charge in [-0.15, -0.1) is 0 Å². The second-order valence-corrected chi connectivity index (χ2v) is 9.32. The van der Waals surface area contributed by atoms with Gasteiger partial charge in [0.05, 0.1) is 0 Å². The smallest absolute Gasteiger partial charge is 0.225 e. The molecule has 2 fully saturated rings. The SMILES string of the molecule is CC(C)(C)C(=O)C1CCN(C(=O)C2CCN(C(C)(C)C)CC2)C1. The number of Topliss-reactive ketones (excluding diaryl/α,β-unsaturated/α-hetero) is 1. The lowest BCUT2D eigenvalue weighted by atomic mass is 9.83. The summed E-state index contributed by atoms with van der Waals surface area (Å²) in [5.41, 5.74) is -0.117. The largest absolute Gasteiger partial charge is 0.342 e. The van der Waals surface area contributed by atoms with Gasteiger partial charge in [0.25, 0.3) is 0 Å². The van der Waals surface area contributed by atoms with Crippen LogP contribution in [0.4, 0.5) is 0 Å². The minimum atomic E-state index is -0.304. The highest BCUT2D eigenvalue weighted by Gasteiger charge is 2.39. The quantitative estimate of drug-likeness (QED) is 0.785. The predicted molar refractivity (Wildman–Crippen MR) is 93.2 cm³/mol. The molecule has 0 aromatic carbocycles. The fraction of sp³-hybridized carbons (Fsp3) is 0.895. The third-order valence-electron chi connectivity index (χ3n) is 5.40. The van der Waals surface area contributed by atoms with Gasteiger partial charge in [0.15, 0.2) is 0 Å². The average Bonchev–Trinajstić information content (AvgIpc) is 2.93. The van der Waals surface area contributed by atoms with Crippen LogP contribution in [0.3, 0.4) is 0 Å². The zero-order chi connectivity index (χ0) is 17.4. The molecule has 1 unspecified atom stereocenters. The molecule has 1 amide bonds. The van der Waals surface area contributed by atoms with Gasteiger partial charge in [0.1, 0.15) is 5.78 Å². The molecule has 0 bridgehead atoms. The summed E-state index contributed by atoms with van der Waals surface area (Å²) in [5, 5.41) is 0. The highest BCUT2D eigenvalue weighted by atomic mass is 16.2. The maximum absolute atomic E-state index is 12.8. The van der Waals surface area contributed by atoms with Crippen LogP contribution in [-0.2, 0) is 9.59 Å². The maximum atomic E-state index is 12.8. The molecule has 4 nitrogen and oxygen atoms in total. The molecule has 132 valence electrons. The number of rotatable bonds is 2. The molecule has 0 aliphatic carbocycles. The van der Waals surface area contributed by atoms with Gasteiger partial charge in [0, 0.05) is 35.9 Å². The van der Waals surface area contributed by atoms with Gasteiger partial charge >= 0.3 is 0 Å². The Labute approximate surface area is 141 Å². The van der Waals surface area contributed by atoms with E-state index in [4.69, 9.17) is 0 Å². The van der Waals surface area contributed by atoms with E-state index in [1.807, 2.05) is 25.7 Å². The van der Waals surface area contributed by atoms with Crippen molar-refractivity contribution in [3.63, 3.8) is 0 Å². The predicted octanol–water partition coefficient (Wildman–Crippen LogP) is 2.96. The second-order valence-electron chi connectivity index (χ2n) is 9.32. The summed E-state index contributed by atoms with van der Waals surface area (Å²) in [4.78, 5) is 29.6. The van der Waals surface area contributed by atoms with Crippen LogP contribution in [0, 0.1) is 17.3 Å². The summed E-state index contributed by atoms with van der Waals surface area (Å²) >= 11 is 0. The highest BCUT2D eigenvalue weighted by Crippen LogP contribution is 2.30. The molecule has 2 saturated heterocycles. The first kappa shape index (κ1) is 18.4. The van der Waals surface area contributed by atoms with Crippen LogP contribution in [0.15, 0.2) is 0 Å². The monoisotopic (exact) mass is 322 g/mol. The van der Waals surface area contributed by atoms with Crippen LogP contribution in [0.25, 0.3) is 0 Å². The Morgan fingerprint density at radius 2 is 1.35 bits per heavy atom. The molecule has 0 aromatic heterocycles. The van der Waals surface area contributed by atoms with E-state index in [1.165, 1.54) is 0 Å². The number of nitrogens with zero attached hydrogens (tertiary/aromatic N) is 2. The number of likely N-dealkylation sites (tertiary alicyclic amines) is 2. The van der Waals surface area contributed by atoms with E-state index in [1.54, 1.807) is 0 Å². The van der Waals surface area contributed by atoms with Crippen LogP contribution in [0.2, 0.25) is 0 Å². The Morgan fingerprint density at radius 3 is 1.83 bits per heavy atom. The van der Waals surface area contributed by atoms with E-state index < -0.39 is 0 Å². The molecule has 2 heterocycles. The number of hydrogen-bond donors (Lipinski definition) is 0. The third kappa shape index (κ3) is 4.34. The van der Waals surface area contributed by atoms with Gasteiger partial charge < -0.3 is 4.90 Å². The van der Waals surface area contributed by atoms with Gasteiger partial charge in [-0.2, -0.15) is 0 Å². The molecule has 0 N–H and O–H groups in total. The molecular formula is C19H34N2O2. The molecule has 1 atom stereocenters. The van der Waals surface area contributed by atoms with Crippen LogP contribution in [0.1, 0.15) is 60.8 Å². The Kier molecular flexibility index (Phi) is 5.24. The van der Waals surface area contributed by atoms with Crippen LogP contribution >= 0.6 is 0 Å². The summed E-state index contributed by atoms with van der Waals surface area (Å²) in [6.07, 6.45) is 2.73. The first-order valence-corrected chi connectivity index (χ1v) is 9.08. The first-order chi connectivity index (χ1) is 10.5. The first-order valence-electron chi connectivity index (χ1n) is 9.08. The van der Waals surface area contributed by atoms with Crippen molar-refractivity contribution < 1.29 is 9.59 Å². The van der Waals surface area contributed by atoms with Crippen LogP contribution in [-0.4, -0.2) is 53.2 Å². The van der Waals surface area contributed by atoms with Gasteiger partial charge in [-0.1, -0.05) is 20.8 Å². The number of ketones is 1. The highest BCUT2D eigenvalue weighted by molar-refractivity contribution is 5.88. The van der Waals surface area contributed by atoms with E-state index in [-0.39, 0.29) is 28.7 Å². The minimum Gasteiger partial charge on any atom is -0.342 e. The molecule has 0 aromatic rings. The number of carbonyl (C=O) groups excluding carboxylic acids is 2. The average molecular weight is 322 g/mol. The number of piperidine rings is 1. The molecular weight excluding hydrogens is 288 g/mol. The van der Waals surface area contributed by atoms with Crippen LogP contribution in [0.5, 0.6) is 0 Å². The Balaban J connectivity index is 1.87. The zero-order valence-electron chi connectivity index (χ0n) is 15.8. The number of amides is 1. The number of hydrogen-bond acceptors (Lipinski definition) is 3. The van der Waals surface area contributed by atoms with E-state index in [0.717, 1.165) is 38.9 Å². The lowest BCUT2D eigenvalue weighted by Crippen LogP contribution is -2.48. The third-order valence-corrected chi connectivity index (χ3v) is 5.40. The second kappa shape index (κ2) is 6.54. The lowest BCUT2D eigenvalue weighted by molar-refractivity contribution is -0.137. The van der Waals surface area contributed by atoms with Crippen molar-refractivity contribution in [1.29, 1.82) is 0 Å². The van der Waals surface area contributed by atoms with Crippen molar-refractivity contribution in [1.82, 2.24) is 9.80 Å². The minimum absolute atomic E-state index is 0.0358. The van der Waals surface area contributed by atoms with E-state index >= 15 is 0 Å². The fourth-order valence-corrected chi connectivity index (χ4v) is 3.84. The molecule has 0 spiro atoms. The zero-order valence-corrected chi connectivity index (χ0v) is 15.8. The van der Waals surface area contributed by atoms with Gasteiger partial charge in [0.2, 0.25) is 5.91 Å². The molecule has 4 heteroatoms. The molecule has 0 radical (unpaired) electrons. The Hall–Kier alpha value is -0.900. The van der Waals surface area contributed by atoms with Crippen molar-refractivity contribution in [2.45, 2.75) is 66.3 Å². The van der Waals surface area contributed by atoms with Crippen molar-refractivity contribution in [3.05, 3.63) is 0 Å². The van der Waals surface area contributed by atoms with Gasteiger partial charge in [-0.25, -0.2) is 0 Å².